The molecule has 4 heteroatoms. The van der Waals surface area contributed by atoms with E-state index >= 15 is 0 Å². The Morgan fingerprint density at radius 1 is 1.25 bits per heavy atom. The average molecular weight is 276 g/mol. The number of amides is 1. The molecule has 108 valence electrons. The number of likely N-dealkylation sites (tertiary alicyclic amines) is 1. The first-order valence-electron chi connectivity index (χ1n) is 7.41. The molecule has 1 N–H and O–H groups in total. The SMILES string of the molecule is Cc1ccc(F)c(C(=O)N2CC[C@@H]3CNC[C@@H]3CC2)c1. The molecule has 0 aromatic heterocycles. The maximum Gasteiger partial charge on any atom is 0.256 e. The van der Waals surface area contributed by atoms with Gasteiger partial charge in [0.25, 0.3) is 5.91 Å². The van der Waals surface area contributed by atoms with Gasteiger partial charge in [0.15, 0.2) is 0 Å². The minimum atomic E-state index is -0.410. The fraction of sp³-hybridized carbons (Fsp3) is 0.562. The predicted molar refractivity (Wildman–Crippen MR) is 76.1 cm³/mol. The zero-order chi connectivity index (χ0) is 14.1. The third-order valence-corrected chi connectivity index (χ3v) is 4.66. The molecule has 3 rings (SSSR count). The summed E-state index contributed by atoms with van der Waals surface area (Å²) in [5.41, 5.74) is 1.14. The van der Waals surface area contributed by atoms with Crippen LogP contribution in [-0.4, -0.2) is 37.0 Å². The first-order chi connectivity index (χ1) is 9.65. The Hall–Kier alpha value is -1.42. The second kappa shape index (κ2) is 5.52. The molecule has 1 aromatic rings. The first kappa shape index (κ1) is 13.6. The number of rotatable bonds is 1. The summed E-state index contributed by atoms with van der Waals surface area (Å²) in [6, 6.07) is 4.74. The van der Waals surface area contributed by atoms with E-state index in [1.54, 1.807) is 12.1 Å². The highest BCUT2D eigenvalue weighted by atomic mass is 19.1. The van der Waals surface area contributed by atoms with Crippen LogP contribution in [0.5, 0.6) is 0 Å². The van der Waals surface area contributed by atoms with Gasteiger partial charge in [0.1, 0.15) is 5.82 Å². The molecule has 2 heterocycles. The van der Waals surface area contributed by atoms with E-state index in [2.05, 4.69) is 5.32 Å². The van der Waals surface area contributed by atoms with Gasteiger partial charge >= 0.3 is 0 Å². The molecule has 0 spiro atoms. The molecule has 2 fully saturated rings. The number of nitrogens with one attached hydrogen (secondary N) is 1. The Labute approximate surface area is 119 Å². The lowest BCUT2D eigenvalue weighted by molar-refractivity contribution is 0.0753. The highest BCUT2D eigenvalue weighted by Gasteiger charge is 2.32. The topological polar surface area (TPSA) is 32.3 Å². The van der Waals surface area contributed by atoms with Crippen molar-refractivity contribution in [2.24, 2.45) is 11.8 Å². The smallest absolute Gasteiger partial charge is 0.256 e. The fourth-order valence-corrected chi connectivity index (χ4v) is 3.39. The molecule has 1 amide bonds. The summed E-state index contributed by atoms with van der Waals surface area (Å²) in [6.07, 6.45) is 2.05. The number of benzene rings is 1. The number of carbonyl (C=O) groups excluding carboxylic acids is 1. The number of hydrogen-bond acceptors (Lipinski definition) is 2. The van der Waals surface area contributed by atoms with Crippen LogP contribution in [0, 0.1) is 24.6 Å². The highest BCUT2D eigenvalue weighted by Crippen LogP contribution is 2.28. The predicted octanol–water partition coefficient (Wildman–Crippen LogP) is 2.21. The largest absolute Gasteiger partial charge is 0.339 e. The molecule has 0 bridgehead atoms. The molecule has 2 aliphatic heterocycles. The quantitative estimate of drug-likeness (QED) is 0.853. The summed E-state index contributed by atoms with van der Waals surface area (Å²) in [4.78, 5) is 14.3. The summed E-state index contributed by atoms with van der Waals surface area (Å²) in [5, 5.41) is 3.42. The van der Waals surface area contributed by atoms with Crippen LogP contribution in [0.15, 0.2) is 18.2 Å². The van der Waals surface area contributed by atoms with Gasteiger partial charge < -0.3 is 10.2 Å². The van der Waals surface area contributed by atoms with E-state index in [0.717, 1.165) is 44.6 Å². The van der Waals surface area contributed by atoms with Gasteiger partial charge in [0, 0.05) is 13.1 Å². The minimum Gasteiger partial charge on any atom is -0.339 e. The van der Waals surface area contributed by atoms with Gasteiger partial charge in [-0.15, -0.1) is 0 Å². The van der Waals surface area contributed by atoms with E-state index in [1.807, 2.05) is 11.8 Å². The number of nitrogens with zero attached hydrogens (tertiary/aromatic N) is 1. The molecule has 0 radical (unpaired) electrons. The monoisotopic (exact) mass is 276 g/mol. The third-order valence-electron chi connectivity index (χ3n) is 4.66. The summed E-state index contributed by atoms with van der Waals surface area (Å²) >= 11 is 0. The fourth-order valence-electron chi connectivity index (χ4n) is 3.39. The maximum atomic E-state index is 13.8. The summed E-state index contributed by atoms with van der Waals surface area (Å²) in [5.74, 6) is 0.788. The zero-order valence-corrected chi connectivity index (χ0v) is 11.9. The van der Waals surface area contributed by atoms with Crippen LogP contribution in [0.1, 0.15) is 28.8 Å². The summed E-state index contributed by atoms with van der Waals surface area (Å²) < 4.78 is 13.8. The van der Waals surface area contributed by atoms with Gasteiger partial charge in [-0.2, -0.15) is 0 Å². The molecule has 20 heavy (non-hydrogen) atoms. The van der Waals surface area contributed by atoms with Crippen molar-refractivity contribution in [1.29, 1.82) is 0 Å². The molecule has 1 aromatic carbocycles. The normalized spacial score (nSPS) is 26.2. The van der Waals surface area contributed by atoms with Crippen molar-refractivity contribution in [3.63, 3.8) is 0 Å². The number of halogens is 1. The molecule has 0 unspecified atom stereocenters. The average Bonchev–Trinajstić information content (AvgIpc) is 2.80. The van der Waals surface area contributed by atoms with Gasteiger partial charge in [-0.3, -0.25) is 4.79 Å². The lowest BCUT2D eigenvalue weighted by atomic mass is 9.92. The van der Waals surface area contributed by atoms with Crippen LogP contribution in [0.25, 0.3) is 0 Å². The Morgan fingerprint density at radius 3 is 2.55 bits per heavy atom. The van der Waals surface area contributed by atoms with Crippen molar-refractivity contribution in [3.8, 4) is 0 Å². The van der Waals surface area contributed by atoms with Gasteiger partial charge in [0.05, 0.1) is 5.56 Å². The maximum absolute atomic E-state index is 13.8. The van der Waals surface area contributed by atoms with E-state index in [9.17, 15) is 9.18 Å². The van der Waals surface area contributed by atoms with Gasteiger partial charge in [-0.1, -0.05) is 11.6 Å². The Balaban J connectivity index is 1.75. The van der Waals surface area contributed by atoms with Crippen LogP contribution in [0.2, 0.25) is 0 Å². The van der Waals surface area contributed by atoms with Crippen molar-refractivity contribution in [1.82, 2.24) is 10.2 Å². The molecule has 0 aliphatic carbocycles. The second-order valence-electron chi connectivity index (χ2n) is 6.03. The van der Waals surface area contributed by atoms with Crippen molar-refractivity contribution in [2.75, 3.05) is 26.2 Å². The van der Waals surface area contributed by atoms with E-state index in [0.29, 0.717) is 11.8 Å². The number of carbonyl (C=O) groups is 1. The molecule has 2 saturated heterocycles. The molecule has 0 saturated carbocycles. The van der Waals surface area contributed by atoms with Crippen molar-refractivity contribution >= 4 is 5.91 Å². The number of fused-ring (bicyclic) bond motifs is 1. The Bertz CT molecular complexity index is 503. The van der Waals surface area contributed by atoms with E-state index in [1.165, 1.54) is 6.07 Å². The Kier molecular flexibility index (Phi) is 3.74. The highest BCUT2D eigenvalue weighted by molar-refractivity contribution is 5.94. The Morgan fingerprint density at radius 2 is 1.90 bits per heavy atom. The van der Waals surface area contributed by atoms with Crippen molar-refractivity contribution in [2.45, 2.75) is 19.8 Å². The molecular formula is C16H21FN2O. The molecule has 2 atom stereocenters. The van der Waals surface area contributed by atoms with E-state index in [4.69, 9.17) is 0 Å². The standard InChI is InChI=1S/C16H21FN2O/c1-11-2-3-15(17)14(8-11)16(20)19-6-4-12-9-18-10-13(12)5-7-19/h2-3,8,12-13,18H,4-7,9-10H2,1H3/t12-,13+. The van der Waals surface area contributed by atoms with Gasteiger partial charge in [0.2, 0.25) is 0 Å². The lowest BCUT2D eigenvalue weighted by Gasteiger charge is -2.21. The second-order valence-corrected chi connectivity index (χ2v) is 6.03. The zero-order valence-electron chi connectivity index (χ0n) is 11.9. The van der Waals surface area contributed by atoms with Gasteiger partial charge in [-0.05, 0) is 56.8 Å². The van der Waals surface area contributed by atoms with Crippen LogP contribution in [-0.2, 0) is 0 Å². The van der Waals surface area contributed by atoms with Gasteiger partial charge in [-0.25, -0.2) is 4.39 Å². The minimum absolute atomic E-state index is 0.154. The van der Waals surface area contributed by atoms with Crippen LogP contribution in [0.4, 0.5) is 4.39 Å². The lowest BCUT2D eigenvalue weighted by Crippen LogP contribution is -2.33. The van der Waals surface area contributed by atoms with Crippen LogP contribution in [0.3, 0.4) is 0 Å². The summed E-state index contributed by atoms with van der Waals surface area (Å²) in [7, 11) is 0. The molecule has 3 nitrogen and oxygen atoms in total. The first-order valence-corrected chi connectivity index (χ1v) is 7.41. The van der Waals surface area contributed by atoms with E-state index < -0.39 is 5.82 Å². The summed E-state index contributed by atoms with van der Waals surface area (Å²) in [6.45, 7) is 5.50. The van der Waals surface area contributed by atoms with Crippen molar-refractivity contribution in [3.05, 3.63) is 35.1 Å². The molecule has 2 aliphatic rings. The van der Waals surface area contributed by atoms with E-state index in [-0.39, 0.29) is 11.5 Å². The number of hydrogen-bond donors (Lipinski definition) is 1. The van der Waals surface area contributed by atoms with Crippen LogP contribution < -0.4 is 5.32 Å². The molecular weight excluding hydrogens is 255 g/mol. The van der Waals surface area contributed by atoms with Crippen molar-refractivity contribution < 1.29 is 9.18 Å². The third kappa shape index (κ3) is 2.57. The number of aryl methyl sites for hydroxylation is 1. The van der Waals surface area contributed by atoms with Crippen LogP contribution >= 0.6 is 0 Å².